The zero-order valence-corrected chi connectivity index (χ0v) is 12.3. The van der Waals surface area contributed by atoms with E-state index < -0.39 is 18.7 Å². The molecule has 6 nitrogen and oxygen atoms in total. The van der Waals surface area contributed by atoms with Crippen LogP contribution >= 0.6 is 0 Å². The topological polar surface area (TPSA) is 80.0 Å². The molecule has 0 aromatic heterocycles. The van der Waals surface area contributed by atoms with Gasteiger partial charge in [-0.25, -0.2) is 4.79 Å². The van der Waals surface area contributed by atoms with E-state index in [0.29, 0.717) is 11.1 Å². The molecule has 0 bridgehead atoms. The van der Waals surface area contributed by atoms with E-state index in [1.54, 1.807) is 18.2 Å². The van der Waals surface area contributed by atoms with Crippen molar-refractivity contribution in [2.75, 3.05) is 0 Å². The lowest BCUT2D eigenvalue weighted by atomic mass is 9.74. The quantitative estimate of drug-likeness (QED) is 0.619. The predicted molar refractivity (Wildman–Crippen MR) is 79.7 cm³/mol. The fourth-order valence-electron chi connectivity index (χ4n) is 1.84. The lowest BCUT2D eigenvalue weighted by Gasteiger charge is -2.22. The highest BCUT2D eigenvalue weighted by atomic mass is 16.7. The van der Waals surface area contributed by atoms with Crippen LogP contribution in [0.2, 0.25) is 0 Å². The normalized spacial score (nSPS) is 15.1. The summed E-state index contributed by atoms with van der Waals surface area (Å²) in [5, 5.41) is 0. The molecule has 0 amide bonds. The van der Waals surface area contributed by atoms with Crippen LogP contribution in [0.5, 0.6) is 0 Å². The van der Waals surface area contributed by atoms with E-state index in [9.17, 15) is 4.79 Å². The molecule has 108 valence electrons. The number of hydrogen-bond acceptors (Lipinski definition) is 6. The van der Waals surface area contributed by atoms with Crippen LogP contribution in [0.1, 0.15) is 36.7 Å². The van der Waals surface area contributed by atoms with E-state index >= 15 is 0 Å². The number of hydrogen-bond donors (Lipinski definition) is 1. The Bertz CT molecular complexity index is 514. The van der Waals surface area contributed by atoms with Crippen molar-refractivity contribution in [1.29, 1.82) is 0 Å². The Hall–Kier alpha value is -1.28. The standard InChI is InChI=1S/C12H16B3NO5/c1-12(2,3)18-11(17)10-5-4-9(6-8(10)7-16)15-20-13-19-14-21-15/h4-6H,7,16H2,1-3H3. The molecule has 1 saturated heterocycles. The molecule has 1 aliphatic rings. The zero-order valence-electron chi connectivity index (χ0n) is 12.3. The maximum Gasteiger partial charge on any atom is 0.465 e. The number of ether oxygens (including phenoxy) is 1. The Labute approximate surface area is 126 Å². The van der Waals surface area contributed by atoms with Gasteiger partial charge in [-0.3, -0.25) is 0 Å². The maximum absolute atomic E-state index is 12.2. The van der Waals surface area contributed by atoms with E-state index in [4.69, 9.17) is 24.2 Å². The Balaban J connectivity index is 2.21. The van der Waals surface area contributed by atoms with Gasteiger partial charge in [0.05, 0.1) is 5.56 Å². The largest absolute Gasteiger partial charge is 0.465 e. The van der Waals surface area contributed by atoms with Gasteiger partial charge in [0.15, 0.2) is 0 Å². The number of carbonyl (C=O) groups excluding carboxylic acids is 1. The summed E-state index contributed by atoms with van der Waals surface area (Å²) in [6, 6.07) is 5.15. The van der Waals surface area contributed by atoms with Crippen LogP contribution in [0.4, 0.5) is 0 Å². The van der Waals surface area contributed by atoms with E-state index in [1.165, 1.54) is 15.4 Å². The average Bonchev–Trinajstić information content (AvgIpc) is 2.45. The molecular formula is C12H16B3NO5. The monoisotopic (exact) mass is 287 g/mol. The summed E-state index contributed by atoms with van der Waals surface area (Å²) >= 11 is 0. The SMILES string of the molecule is CC(C)(C)OC(=O)c1ccc(B2O[B]O[B]O2)cc1CN. The van der Waals surface area contributed by atoms with Crippen LogP contribution in [0, 0.1) is 0 Å². The van der Waals surface area contributed by atoms with Crippen LogP contribution in [-0.2, 0) is 25.0 Å². The van der Waals surface area contributed by atoms with Crippen LogP contribution in [-0.4, -0.2) is 34.1 Å². The Morgan fingerprint density at radius 2 is 2.00 bits per heavy atom. The lowest BCUT2D eigenvalue weighted by Crippen LogP contribution is -2.44. The van der Waals surface area contributed by atoms with Crippen molar-refractivity contribution in [2.24, 2.45) is 5.73 Å². The van der Waals surface area contributed by atoms with Gasteiger partial charge in [0.2, 0.25) is 0 Å². The molecule has 21 heavy (non-hydrogen) atoms. The van der Waals surface area contributed by atoms with Gasteiger partial charge in [0.25, 0.3) is 0 Å². The molecule has 1 fully saturated rings. The van der Waals surface area contributed by atoms with Crippen molar-refractivity contribution in [2.45, 2.75) is 32.9 Å². The van der Waals surface area contributed by atoms with Crippen LogP contribution in [0.25, 0.3) is 0 Å². The first-order valence-electron chi connectivity index (χ1n) is 6.57. The Morgan fingerprint density at radius 3 is 2.57 bits per heavy atom. The fourth-order valence-corrected chi connectivity index (χ4v) is 1.84. The molecule has 0 unspecified atom stereocenters. The fraction of sp³-hybridized carbons (Fsp3) is 0.417. The lowest BCUT2D eigenvalue weighted by molar-refractivity contribution is 0.00683. The van der Waals surface area contributed by atoms with Gasteiger partial charge in [0, 0.05) is 6.54 Å². The van der Waals surface area contributed by atoms with Crippen LogP contribution in [0.3, 0.4) is 0 Å². The molecule has 1 heterocycles. The summed E-state index contributed by atoms with van der Waals surface area (Å²) in [4.78, 5) is 12.2. The molecule has 0 aliphatic carbocycles. The Morgan fingerprint density at radius 1 is 1.33 bits per heavy atom. The van der Waals surface area contributed by atoms with Crippen molar-refractivity contribution in [3.05, 3.63) is 29.3 Å². The first-order chi connectivity index (χ1) is 9.90. The van der Waals surface area contributed by atoms with Crippen LogP contribution in [0.15, 0.2) is 18.2 Å². The summed E-state index contributed by atoms with van der Waals surface area (Å²) in [5.41, 5.74) is 7.01. The highest BCUT2D eigenvalue weighted by molar-refractivity contribution is 6.71. The number of benzene rings is 1. The first kappa shape index (κ1) is 16.1. The van der Waals surface area contributed by atoms with Gasteiger partial charge in [0.1, 0.15) is 5.60 Å². The molecule has 2 N–H and O–H groups in total. The zero-order chi connectivity index (χ0) is 15.5. The molecule has 1 aromatic carbocycles. The second-order valence-corrected chi connectivity index (χ2v) is 5.56. The smallest absolute Gasteiger partial charge is 0.457 e. The number of carbonyl (C=O) groups is 1. The van der Waals surface area contributed by atoms with Gasteiger partial charge in [-0.15, -0.1) is 0 Å². The highest BCUT2D eigenvalue weighted by Gasteiger charge is 2.28. The van der Waals surface area contributed by atoms with Gasteiger partial charge >= 0.3 is 28.5 Å². The second-order valence-electron chi connectivity index (χ2n) is 5.56. The molecular weight excluding hydrogens is 271 g/mol. The molecule has 2 radical (unpaired) electrons. The minimum atomic E-state index is -0.614. The number of rotatable bonds is 3. The van der Waals surface area contributed by atoms with E-state index in [-0.39, 0.29) is 6.54 Å². The summed E-state index contributed by atoms with van der Waals surface area (Å²) in [6.45, 7) is 5.66. The molecule has 1 aliphatic heterocycles. The van der Waals surface area contributed by atoms with Crippen molar-refractivity contribution < 1.29 is 23.2 Å². The average molecular weight is 287 g/mol. The first-order valence-corrected chi connectivity index (χ1v) is 6.57. The van der Waals surface area contributed by atoms with Crippen molar-refractivity contribution in [1.82, 2.24) is 0 Å². The minimum absolute atomic E-state index is 0.207. The minimum Gasteiger partial charge on any atom is -0.457 e. The summed E-state index contributed by atoms with van der Waals surface area (Å²) in [6.07, 6.45) is 0. The van der Waals surface area contributed by atoms with Gasteiger partial charge < -0.3 is 24.2 Å². The summed E-state index contributed by atoms with van der Waals surface area (Å²) < 4.78 is 20.4. The van der Waals surface area contributed by atoms with E-state index in [1.807, 2.05) is 20.8 Å². The molecule has 1 aromatic rings. The number of nitrogens with two attached hydrogens (primary N) is 1. The predicted octanol–water partition coefficient (Wildman–Crippen LogP) is -0.0724. The van der Waals surface area contributed by atoms with E-state index in [0.717, 1.165) is 5.46 Å². The molecule has 0 saturated carbocycles. The number of esters is 1. The second kappa shape index (κ2) is 6.66. The summed E-state index contributed by atoms with van der Waals surface area (Å²) in [5.74, 6) is -0.401. The molecule has 0 spiro atoms. The van der Waals surface area contributed by atoms with Crippen molar-refractivity contribution in [3.8, 4) is 0 Å². The Kier molecular flexibility index (Phi) is 5.10. The van der Waals surface area contributed by atoms with E-state index in [2.05, 4.69) is 0 Å². The third-order valence-electron chi connectivity index (χ3n) is 2.71. The summed E-state index contributed by atoms with van der Waals surface area (Å²) in [7, 11) is 1.74. The molecule has 0 atom stereocenters. The third-order valence-corrected chi connectivity index (χ3v) is 2.71. The van der Waals surface area contributed by atoms with Crippen LogP contribution < -0.4 is 11.2 Å². The van der Waals surface area contributed by atoms with Crippen molar-refractivity contribution in [3.63, 3.8) is 0 Å². The third kappa shape index (κ3) is 4.34. The van der Waals surface area contributed by atoms with Crippen molar-refractivity contribution >= 4 is 33.9 Å². The molecule has 2 rings (SSSR count). The maximum atomic E-state index is 12.2. The van der Waals surface area contributed by atoms with Gasteiger partial charge in [-0.2, -0.15) is 0 Å². The van der Waals surface area contributed by atoms with Gasteiger partial charge in [-0.1, -0.05) is 12.1 Å². The molecule has 9 heteroatoms. The highest BCUT2D eigenvalue weighted by Crippen LogP contribution is 2.15. The van der Waals surface area contributed by atoms with Gasteiger partial charge in [-0.05, 0) is 37.9 Å².